The molecule has 0 unspecified atom stereocenters. The third-order valence-corrected chi connectivity index (χ3v) is 3.98. The summed E-state index contributed by atoms with van der Waals surface area (Å²) in [6.07, 6.45) is 1.03. The SMILES string of the molecule is COc1ccc(-n2c(=O)[nH]cc(C(=O)Nc3ccc(C)c(F)c3)c2=O)cc1. The number of aromatic amines is 1. The highest BCUT2D eigenvalue weighted by Gasteiger charge is 2.16. The first-order valence-electron chi connectivity index (χ1n) is 7.97. The van der Waals surface area contributed by atoms with Crippen LogP contribution in [0.15, 0.2) is 58.3 Å². The molecule has 0 saturated heterocycles. The zero-order chi connectivity index (χ0) is 19.6. The zero-order valence-electron chi connectivity index (χ0n) is 14.6. The monoisotopic (exact) mass is 369 g/mol. The van der Waals surface area contributed by atoms with Gasteiger partial charge in [0.25, 0.3) is 11.5 Å². The van der Waals surface area contributed by atoms with E-state index in [4.69, 9.17) is 4.74 Å². The highest BCUT2D eigenvalue weighted by Crippen LogP contribution is 2.15. The average Bonchev–Trinajstić information content (AvgIpc) is 2.65. The van der Waals surface area contributed by atoms with E-state index < -0.39 is 23.0 Å². The van der Waals surface area contributed by atoms with Gasteiger partial charge in [0.2, 0.25) is 0 Å². The lowest BCUT2D eigenvalue weighted by Crippen LogP contribution is -2.38. The summed E-state index contributed by atoms with van der Waals surface area (Å²) in [6.45, 7) is 1.59. The molecule has 0 radical (unpaired) electrons. The second-order valence-corrected chi connectivity index (χ2v) is 5.76. The Bertz CT molecular complexity index is 1120. The van der Waals surface area contributed by atoms with Crippen molar-refractivity contribution in [3.05, 3.63) is 86.4 Å². The number of nitrogens with one attached hydrogen (secondary N) is 2. The molecule has 1 amide bonds. The van der Waals surface area contributed by atoms with Crippen molar-refractivity contribution < 1.29 is 13.9 Å². The topological polar surface area (TPSA) is 93.2 Å². The maximum Gasteiger partial charge on any atom is 0.333 e. The summed E-state index contributed by atoms with van der Waals surface area (Å²) in [5.41, 5.74) is -0.870. The van der Waals surface area contributed by atoms with Crippen LogP contribution in [0, 0.1) is 12.7 Å². The molecule has 0 aliphatic carbocycles. The lowest BCUT2D eigenvalue weighted by Gasteiger charge is -2.09. The summed E-state index contributed by atoms with van der Waals surface area (Å²) in [5.74, 6) is -0.690. The van der Waals surface area contributed by atoms with Crippen molar-refractivity contribution in [3.8, 4) is 11.4 Å². The Balaban J connectivity index is 1.98. The van der Waals surface area contributed by atoms with Crippen molar-refractivity contribution in [1.82, 2.24) is 9.55 Å². The molecule has 0 atom stereocenters. The third-order valence-electron chi connectivity index (χ3n) is 3.98. The molecule has 2 aromatic carbocycles. The van der Waals surface area contributed by atoms with Crippen LogP contribution in [0.25, 0.3) is 5.69 Å². The van der Waals surface area contributed by atoms with Gasteiger partial charge in [-0.2, -0.15) is 0 Å². The number of ether oxygens (including phenoxy) is 1. The van der Waals surface area contributed by atoms with Crippen LogP contribution in [-0.2, 0) is 0 Å². The largest absolute Gasteiger partial charge is 0.497 e. The molecule has 2 N–H and O–H groups in total. The molecule has 27 heavy (non-hydrogen) atoms. The van der Waals surface area contributed by atoms with Crippen LogP contribution in [0.2, 0.25) is 0 Å². The minimum atomic E-state index is -0.797. The molecule has 0 spiro atoms. The standard InChI is InChI=1S/C19H16FN3O4/c1-11-3-4-12(9-16(11)20)22-17(24)15-10-21-19(26)23(18(15)25)13-5-7-14(27-2)8-6-13/h3-10H,1-2H3,(H,21,26)(H,22,24). The van der Waals surface area contributed by atoms with E-state index in [9.17, 15) is 18.8 Å². The summed E-state index contributed by atoms with van der Waals surface area (Å²) in [4.78, 5) is 39.6. The van der Waals surface area contributed by atoms with Gasteiger partial charge in [-0.3, -0.25) is 9.59 Å². The van der Waals surface area contributed by atoms with Crippen LogP contribution in [0.5, 0.6) is 5.75 Å². The number of hydrogen-bond acceptors (Lipinski definition) is 4. The van der Waals surface area contributed by atoms with E-state index in [2.05, 4.69) is 10.3 Å². The number of carbonyl (C=O) groups excluding carboxylic acids is 1. The molecule has 0 saturated carbocycles. The lowest BCUT2D eigenvalue weighted by atomic mass is 10.2. The molecule has 1 aromatic heterocycles. The van der Waals surface area contributed by atoms with Crippen molar-refractivity contribution in [1.29, 1.82) is 0 Å². The average molecular weight is 369 g/mol. The molecule has 0 aliphatic heterocycles. The number of methoxy groups -OCH3 is 1. The molecular weight excluding hydrogens is 353 g/mol. The van der Waals surface area contributed by atoms with Crippen LogP contribution >= 0.6 is 0 Å². The summed E-state index contributed by atoms with van der Waals surface area (Å²) < 4.78 is 19.5. The fourth-order valence-electron chi connectivity index (χ4n) is 2.47. The van der Waals surface area contributed by atoms with Crippen molar-refractivity contribution in [3.63, 3.8) is 0 Å². The molecule has 0 aliphatic rings. The number of anilines is 1. The Labute approximate surface area is 153 Å². The number of rotatable bonds is 4. The molecule has 3 aromatic rings. The normalized spacial score (nSPS) is 10.5. The second-order valence-electron chi connectivity index (χ2n) is 5.76. The van der Waals surface area contributed by atoms with E-state index in [0.717, 1.165) is 16.8 Å². The van der Waals surface area contributed by atoms with Gasteiger partial charge in [-0.1, -0.05) is 6.07 Å². The van der Waals surface area contributed by atoms with Crippen LogP contribution in [0.1, 0.15) is 15.9 Å². The van der Waals surface area contributed by atoms with Crippen molar-refractivity contribution in [2.75, 3.05) is 12.4 Å². The first kappa shape index (κ1) is 18.1. The maximum atomic E-state index is 13.6. The Morgan fingerprint density at radius 1 is 1.15 bits per heavy atom. The van der Waals surface area contributed by atoms with Gasteiger partial charge in [0.15, 0.2) is 0 Å². The number of carbonyl (C=O) groups is 1. The van der Waals surface area contributed by atoms with E-state index in [0.29, 0.717) is 11.3 Å². The minimum absolute atomic E-state index is 0.199. The fourth-order valence-corrected chi connectivity index (χ4v) is 2.47. The van der Waals surface area contributed by atoms with Gasteiger partial charge in [0.05, 0.1) is 12.8 Å². The van der Waals surface area contributed by atoms with Gasteiger partial charge in [0, 0.05) is 11.9 Å². The van der Waals surface area contributed by atoms with Gasteiger partial charge >= 0.3 is 5.69 Å². The fraction of sp³-hybridized carbons (Fsp3) is 0.105. The van der Waals surface area contributed by atoms with Gasteiger partial charge < -0.3 is 15.0 Å². The van der Waals surface area contributed by atoms with Gasteiger partial charge in [-0.25, -0.2) is 13.8 Å². The number of nitrogens with zero attached hydrogens (tertiary/aromatic N) is 1. The minimum Gasteiger partial charge on any atom is -0.497 e. The number of benzene rings is 2. The predicted octanol–water partition coefficient (Wildman–Crippen LogP) is 2.23. The number of aromatic nitrogens is 2. The second kappa shape index (κ2) is 7.28. The van der Waals surface area contributed by atoms with Gasteiger partial charge in [-0.05, 0) is 48.9 Å². The highest BCUT2D eigenvalue weighted by atomic mass is 19.1. The van der Waals surface area contributed by atoms with Crippen LogP contribution in [0.3, 0.4) is 0 Å². The molecule has 0 bridgehead atoms. The number of halogens is 1. The smallest absolute Gasteiger partial charge is 0.333 e. The van der Waals surface area contributed by atoms with E-state index in [1.54, 1.807) is 19.1 Å². The molecule has 8 heteroatoms. The third kappa shape index (κ3) is 3.64. The Hall–Kier alpha value is -3.68. The molecule has 3 rings (SSSR count). The predicted molar refractivity (Wildman–Crippen MR) is 98.3 cm³/mol. The first-order chi connectivity index (χ1) is 12.9. The van der Waals surface area contributed by atoms with Crippen LogP contribution in [-0.4, -0.2) is 22.6 Å². The molecule has 7 nitrogen and oxygen atoms in total. The first-order valence-corrected chi connectivity index (χ1v) is 7.97. The van der Waals surface area contributed by atoms with Gasteiger partial charge in [-0.15, -0.1) is 0 Å². The summed E-state index contributed by atoms with van der Waals surface area (Å²) >= 11 is 0. The van der Waals surface area contributed by atoms with Crippen molar-refractivity contribution >= 4 is 11.6 Å². The van der Waals surface area contributed by atoms with Crippen LogP contribution in [0.4, 0.5) is 10.1 Å². The molecular formula is C19H16FN3O4. The van der Waals surface area contributed by atoms with E-state index in [-0.39, 0.29) is 16.9 Å². The van der Waals surface area contributed by atoms with E-state index in [1.165, 1.54) is 31.4 Å². The summed E-state index contributed by atoms with van der Waals surface area (Å²) in [7, 11) is 1.49. The molecule has 1 heterocycles. The number of amides is 1. The lowest BCUT2D eigenvalue weighted by molar-refractivity contribution is 0.102. The summed E-state index contributed by atoms with van der Waals surface area (Å²) in [5, 5.41) is 2.45. The Morgan fingerprint density at radius 2 is 1.85 bits per heavy atom. The van der Waals surface area contributed by atoms with E-state index >= 15 is 0 Å². The quantitative estimate of drug-likeness (QED) is 0.738. The van der Waals surface area contributed by atoms with E-state index in [1.807, 2.05) is 0 Å². The Morgan fingerprint density at radius 3 is 2.48 bits per heavy atom. The zero-order valence-corrected chi connectivity index (χ0v) is 14.6. The van der Waals surface area contributed by atoms with Gasteiger partial charge in [0.1, 0.15) is 17.1 Å². The number of hydrogen-bond donors (Lipinski definition) is 2. The highest BCUT2D eigenvalue weighted by molar-refractivity contribution is 6.03. The van der Waals surface area contributed by atoms with Crippen molar-refractivity contribution in [2.24, 2.45) is 0 Å². The summed E-state index contributed by atoms with van der Waals surface area (Å²) in [6, 6.07) is 10.4. The van der Waals surface area contributed by atoms with Crippen molar-refractivity contribution in [2.45, 2.75) is 6.92 Å². The van der Waals surface area contributed by atoms with Crippen LogP contribution < -0.4 is 21.3 Å². The number of aryl methyl sites for hydroxylation is 1. The molecule has 0 fully saturated rings. The Kier molecular flexibility index (Phi) is 4.89. The number of H-pyrrole nitrogens is 1. The maximum absolute atomic E-state index is 13.6. The molecule has 138 valence electrons.